The Bertz CT molecular complexity index is 449. The number of carbonyl (C=O) groups excluding carboxylic acids is 1. The number of alkyl halides is 3. The summed E-state index contributed by atoms with van der Waals surface area (Å²) in [5.74, 6) is -12.0. The minimum Gasteiger partial charge on any atom is -0.284 e. The zero-order valence-corrected chi connectivity index (χ0v) is 7.13. The van der Waals surface area contributed by atoms with Gasteiger partial charge in [-0.3, -0.25) is 4.79 Å². The molecule has 0 aromatic heterocycles. The van der Waals surface area contributed by atoms with E-state index in [1.165, 1.54) is 0 Å². The van der Waals surface area contributed by atoms with Crippen LogP contribution >= 0.6 is 0 Å². The fourth-order valence-corrected chi connectivity index (χ4v) is 0.891. The third-order valence-electron chi connectivity index (χ3n) is 1.60. The molecule has 0 heterocycles. The maximum atomic E-state index is 12.7. The first-order valence-corrected chi connectivity index (χ1v) is 3.60. The number of Topliss-reactive ketones (excluding diaryl/α,β-unsaturated/α-hetero) is 1. The number of benzene rings is 1. The largest absolute Gasteiger partial charge is 0.454 e. The maximum absolute atomic E-state index is 12.7. The van der Waals surface area contributed by atoms with E-state index in [1.807, 2.05) is 0 Å². The monoisotopic (exact) mass is 246 g/mol. The van der Waals surface area contributed by atoms with Crippen molar-refractivity contribution in [3.8, 4) is 0 Å². The normalized spacial score (nSPS) is 11.7. The first kappa shape index (κ1) is 12.5. The van der Waals surface area contributed by atoms with E-state index < -0.39 is 40.8 Å². The van der Waals surface area contributed by atoms with Crippen molar-refractivity contribution in [2.24, 2.45) is 0 Å². The second kappa shape index (κ2) is 3.76. The maximum Gasteiger partial charge on any atom is 0.454 e. The molecule has 0 saturated heterocycles. The van der Waals surface area contributed by atoms with Gasteiger partial charge in [0.15, 0.2) is 23.3 Å². The predicted molar refractivity (Wildman–Crippen MR) is 36.7 cm³/mol. The Labute approximate surface area is 83.5 Å². The Morgan fingerprint density at radius 2 is 1.44 bits per heavy atom. The average molecular weight is 246 g/mol. The summed E-state index contributed by atoms with van der Waals surface area (Å²) in [5.41, 5.74) is -1.90. The van der Waals surface area contributed by atoms with Crippen LogP contribution in [0.15, 0.2) is 6.07 Å². The Morgan fingerprint density at radius 1 is 0.938 bits per heavy atom. The minimum atomic E-state index is -5.50. The highest BCUT2D eigenvalue weighted by Crippen LogP contribution is 2.26. The molecule has 0 spiro atoms. The van der Waals surface area contributed by atoms with E-state index in [1.54, 1.807) is 0 Å². The Hall–Kier alpha value is -1.60. The zero-order valence-electron chi connectivity index (χ0n) is 7.13. The van der Waals surface area contributed by atoms with E-state index in [-0.39, 0.29) is 6.07 Å². The smallest absolute Gasteiger partial charge is 0.284 e. The van der Waals surface area contributed by atoms with Gasteiger partial charge in [0.05, 0.1) is 5.56 Å². The average Bonchev–Trinajstić information content (AvgIpc) is 2.18. The van der Waals surface area contributed by atoms with Gasteiger partial charge in [-0.2, -0.15) is 13.2 Å². The SMILES string of the molecule is O=C(c1cc(F)c(F)c(F)c1F)C(F)(F)F. The molecule has 1 nitrogen and oxygen atoms in total. The van der Waals surface area contributed by atoms with E-state index in [4.69, 9.17) is 0 Å². The summed E-state index contributed by atoms with van der Waals surface area (Å²) in [6.45, 7) is 0. The summed E-state index contributed by atoms with van der Waals surface area (Å²) in [5, 5.41) is 0. The third kappa shape index (κ3) is 2.00. The summed E-state index contributed by atoms with van der Waals surface area (Å²) >= 11 is 0. The first-order valence-electron chi connectivity index (χ1n) is 3.60. The zero-order chi connectivity index (χ0) is 12.7. The molecule has 0 fully saturated rings. The van der Waals surface area contributed by atoms with Gasteiger partial charge in [-0.15, -0.1) is 0 Å². The molecule has 88 valence electrons. The molecule has 16 heavy (non-hydrogen) atoms. The van der Waals surface area contributed by atoms with Gasteiger partial charge < -0.3 is 0 Å². The van der Waals surface area contributed by atoms with Crippen LogP contribution in [0, 0.1) is 23.3 Å². The van der Waals surface area contributed by atoms with Crippen LogP contribution in [0.25, 0.3) is 0 Å². The van der Waals surface area contributed by atoms with Crippen LogP contribution in [-0.2, 0) is 0 Å². The van der Waals surface area contributed by atoms with Crippen LogP contribution in [0.1, 0.15) is 10.4 Å². The fourth-order valence-electron chi connectivity index (χ4n) is 0.891. The van der Waals surface area contributed by atoms with Crippen LogP contribution in [0.5, 0.6) is 0 Å². The summed E-state index contributed by atoms with van der Waals surface area (Å²) in [4.78, 5) is 10.5. The Kier molecular flexibility index (Phi) is 2.93. The highest BCUT2D eigenvalue weighted by molar-refractivity contribution is 6.00. The fraction of sp³-hybridized carbons (Fsp3) is 0.125. The van der Waals surface area contributed by atoms with Crippen molar-refractivity contribution in [1.29, 1.82) is 0 Å². The molecule has 0 unspecified atom stereocenters. The van der Waals surface area contributed by atoms with Crippen LogP contribution in [-0.4, -0.2) is 12.0 Å². The van der Waals surface area contributed by atoms with Gasteiger partial charge in [0.25, 0.3) is 5.78 Å². The number of ketones is 1. The van der Waals surface area contributed by atoms with Crippen molar-refractivity contribution in [3.05, 3.63) is 34.9 Å². The minimum absolute atomic E-state index is 0.344. The second-order valence-electron chi connectivity index (χ2n) is 2.67. The highest BCUT2D eigenvalue weighted by atomic mass is 19.4. The van der Waals surface area contributed by atoms with Crippen molar-refractivity contribution in [2.75, 3.05) is 0 Å². The summed E-state index contributed by atoms with van der Waals surface area (Å²) in [7, 11) is 0. The molecular formula is C8HF7O. The molecule has 0 bridgehead atoms. The first-order chi connectivity index (χ1) is 7.16. The van der Waals surface area contributed by atoms with Crippen molar-refractivity contribution < 1.29 is 35.5 Å². The molecule has 8 heteroatoms. The Balaban J connectivity index is 3.43. The van der Waals surface area contributed by atoms with Gasteiger partial charge in [0, 0.05) is 0 Å². The molecule has 0 radical (unpaired) electrons. The lowest BCUT2D eigenvalue weighted by Gasteiger charge is -2.07. The molecule has 0 aliphatic heterocycles. The van der Waals surface area contributed by atoms with Gasteiger partial charge in [-0.25, -0.2) is 17.6 Å². The van der Waals surface area contributed by atoms with Crippen molar-refractivity contribution in [2.45, 2.75) is 6.18 Å². The number of carbonyl (C=O) groups is 1. The Morgan fingerprint density at radius 3 is 1.88 bits per heavy atom. The lowest BCUT2D eigenvalue weighted by atomic mass is 10.1. The van der Waals surface area contributed by atoms with E-state index in [0.717, 1.165) is 0 Å². The van der Waals surface area contributed by atoms with Gasteiger partial charge >= 0.3 is 6.18 Å². The quantitative estimate of drug-likeness (QED) is 0.322. The number of hydrogen-bond acceptors (Lipinski definition) is 1. The topological polar surface area (TPSA) is 17.1 Å². The molecular weight excluding hydrogens is 245 g/mol. The van der Waals surface area contributed by atoms with Gasteiger partial charge in [-0.05, 0) is 6.07 Å². The summed E-state index contributed by atoms with van der Waals surface area (Å²) in [6, 6.07) is -0.344. The van der Waals surface area contributed by atoms with Crippen molar-refractivity contribution in [1.82, 2.24) is 0 Å². The molecule has 0 N–H and O–H groups in total. The van der Waals surface area contributed by atoms with Crippen molar-refractivity contribution >= 4 is 5.78 Å². The van der Waals surface area contributed by atoms with Gasteiger partial charge in [-0.1, -0.05) is 0 Å². The number of rotatable bonds is 1. The number of halogens is 7. The molecule has 1 rings (SSSR count). The van der Waals surface area contributed by atoms with Gasteiger partial charge in [0.1, 0.15) is 0 Å². The number of hydrogen-bond donors (Lipinski definition) is 0. The highest BCUT2D eigenvalue weighted by Gasteiger charge is 2.42. The summed E-state index contributed by atoms with van der Waals surface area (Å²) < 4.78 is 85.5. The lowest BCUT2D eigenvalue weighted by Crippen LogP contribution is -2.24. The molecule has 0 aliphatic rings. The molecule has 0 aliphatic carbocycles. The van der Waals surface area contributed by atoms with E-state index in [9.17, 15) is 35.5 Å². The van der Waals surface area contributed by atoms with Crippen LogP contribution < -0.4 is 0 Å². The molecule has 0 saturated carbocycles. The van der Waals surface area contributed by atoms with Gasteiger partial charge in [0.2, 0.25) is 0 Å². The molecule has 1 aromatic carbocycles. The predicted octanol–water partition coefficient (Wildman–Crippen LogP) is 2.99. The second-order valence-corrected chi connectivity index (χ2v) is 2.67. The van der Waals surface area contributed by atoms with Crippen LogP contribution in [0.4, 0.5) is 30.7 Å². The van der Waals surface area contributed by atoms with Crippen molar-refractivity contribution in [3.63, 3.8) is 0 Å². The molecule has 1 aromatic rings. The lowest BCUT2D eigenvalue weighted by molar-refractivity contribution is -0.0888. The van der Waals surface area contributed by atoms with E-state index >= 15 is 0 Å². The van der Waals surface area contributed by atoms with E-state index in [2.05, 4.69) is 0 Å². The van der Waals surface area contributed by atoms with Crippen LogP contribution in [0.3, 0.4) is 0 Å². The standard InChI is InChI=1S/C8HF7O/c9-3-1-2(7(16)8(13,14)15)4(10)6(12)5(3)11/h1H. The van der Waals surface area contributed by atoms with Crippen LogP contribution in [0.2, 0.25) is 0 Å². The molecule has 0 amide bonds. The third-order valence-corrected chi connectivity index (χ3v) is 1.60. The van der Waals surface area contributed by atoms with E-state index in [0.29, 0.717) is 0 Å². The summed E-state index contributed by atoms with van der Waals surface area (Å²) in [6.07, 6.45) is -5.50. The molecule has 0 atom stereocenters.